The Bertz CT molecular complexity index is 306. The van der Waals surface area contributed by atoms with E-state index in [-0.39, 0.29) is 5.78 Å². The molecule has 0 fully saturated rings. The summed E-state index contributed by atoms with van der Waals surface area (Å²) in [6, 6.07) is 0. The van der Waals surface area contributed by atoms with Gasteiger partial charge in [0.25, 0.3) is 0 Å². The number of carbonyl (C=O) groups excluding carboxylic acids is 1. The lowest BCUT2D eigenvalue weighted by Crippen LogP contribution is -2.38. The molecule has 0 saturated carbocycles. The zero-order valence-corrected chi connectivity index (χ0v) is 9.29. The van der Waals surface area contributed by atoms with Crippen LogP contribution in [0.1, 0.15) is 34.1 Å². The van der Waals surface area contributed by atoms with Crippen molar-refractivity contribution in [2.75, 3.05) is 0 Å². The van der Waals surface area contributed by atoms with Gasteiger partial charge in [0, 0.05) is 0 Å². The Morgan fingerprint density at radius 3 is 2.50 bits per heavy atom. The molecule has 1 aliphatic rings. The number of aliphatic hydroxyl groups is 1. The molecule has 1 atom stereocenters. The van der Waals surface area contributed by atoms with Crippen molar-refractivity contribution in [3.8, 4) is 0 Å². The fourth-order valence-electron chi connectivity index (χ4n) is 1.66. The van der Waals surface area contributed by atoms with E-state index >= 15 is 0 Å². The maximum Gasteiger partial charge on any atom is 0.191 e. The molecular weight excluding hydrogens is 176 g/mol. The summed E-state index contributed by atoms with van der Waals surface area (Å²) in [4.78, 5) is 11.6. The number of hydrogen-bond acceptors (Lipinski definition) is 2. The smallest absolute Gasteiger partial charge is 0.191 e. The third kappa shape index (κ3) is 2.13. The van der Waals surface area contributed by atoms with Gasteiger partial charge in [0.15, 0.2) is 5.78 Å². The van der Waals surface area contributed by atoms with E-state index in [1.54, 1.807) is 6.92 Å². The van der Waals surface area contributed by atoms with Crippen molar-refractivity contribution >= 4 is 5.78 Å². The van der Waals surface area contributed by atoms with Crippen LogP contribution in [-0.2, 0) is 4.79 Å². The molecule has 0 aromatic carbocycles. The first-order valence-electron chi connectivity index (χ1n) is 5.00. The molecule has 0 aromatic heterocycles. The van der Waals surface area contributed by atoms with Crippen molar-refractivity contribution < 1.29 is 9.90 Å². The van der Waals surface area contributed by atoms with Gasteiger partial charge >= 0.3 is 0 Å². The topological polar surface area (TPSA) is 37.3 Å². The highest BCUT2D eigenvalue weighted by atomic mass is 16.3. The minimum absolute atomic E-state index is 0.201. The predicted octanol–water partition coefficient (Wildman–Crippen LogP) is 2.24. The summed E-state index contributed by atoms with van der Waals surface area (Å²) in [5.41, 5.74) is 0.471. The van der Waals surface area contributed by atoms with Crippen molar-refractivity contribution in [1.82, 2.24) is 0 Å². The van der Waals surface area contributed by atoms with Gasteiger partial charge in [-0.05, 0) is 43.4 Å². The second-order valence-corrected chi connectivity index (χ2v) is 4.59. The molecule has 0 radical (unpaired) electrons. The van der Waals surface area contributed by atoms with Crippen LogP contribution in [0.15, 0.2) is 23.3 Å². The first-order valence-corrected chi connectivity index (χ1v) is 5.00. The summed E-state index contributed by atoms with van der Waals surface area (Å²) in [6.07, 6.45) is 4.19. The lowest BCUT2D eigenvalue weighted by molar-refractivity contribution is -0.127. The van der Waals surface area contributed by atoms with E-state index in [4.69, 9.17) is 0 Å². The Hall–Kier alpha value is -0.890. The molecule has 1 unspecified atom stereocenters. The molecular formula is C12H18O2. The summed E-state index contributed by atoms with van der Waals surface area (Å²) in [5.74, 6) is 0.250. The number of carbonyl (C=O) groups is 1. The third-order valence-electron chi connectivity index (χ3n) is 2.49. The van der Waals surface area contributed by atoms with E-state index in [0.717, 1.165) is 17.6 Å². The zero-order chi connectivity index (χ0) is 10.9. The van der Waals surface area contributed by atoms with Gasteiger partial charge in [-0.2, -0.15) is 0 Å². The summed E-state index contributed by atoms with van der Waals surface area (Å²) < 4.78 is 0. The number of ketones is 1. The molecule has 0 heterocycles. The summed E-state index contributed by atoms with van der Waals surface area (Å²) in [5, 5.41) is 10.0. The van der Waals surface area contributed by atoms with Gasteiger partial charge in [0.2, 0.25) is 0 Å². The highest BCUT2D eigenvalue weighted by molar-refractivity contribution is 6.01. The quantitative estimate of drug-likeness (QED) is 0.732. The fraction of sp³-hybridized carbons (Fsp3) is 0.583. The first-order chi connectivity index (χ1) is 6.34. The lowest BCUT2D eigenvalue weighted by atomic mass is 9.81. The van der Waals surface area contributed by atoms with Gasteiger partial charge in [-0.1, -0.05) is 19.9 Å². The molecule has 2 heteroatoms. The highest BCUT2D eigenvalue weighted by Crippen LogP contribution is 2.29. The van der Waals surface area contributed by atoms with Gasteiger partial charge < -0.3 is 5.11 Å². The van der Waals surface area contributed by atoms with E-state index in [9.17, 15) is 9.90 Å². The van der Waals surface area contributed by atoms with Crippen LogP contribution in [-0.4, -0.2) is 16.5 Å². The van der Waals surface area contributed by atoms with Crippen LogP contribution >= 0.6 is 0 Å². The number of hydrogen-bond donors (Lipinski definition) is 1. The third-order valence-corrected chi connectivity index (χ3v) is 2.49. The summed E-state index contributed by atoms with van der Waals surface area (Å²) in [7, 11) is 0. The normalized spacial score (nSPS) is 27.7. The molecule has 0 amide bonds. The number of rotatable bonds is 2. The molecule has 2 nitrogen and oxygen atoms in total. The Labute approximate surface area is 85.3 Å². The fourth-order valence-corrected chi connectivity index (χ4v) is 1.66. The molecule has 1 aliphatic carbocycles. The van der Waals surface area contributed by atoms with Crippen LogP contribution in [0.5, 0.6) is 0 Å². The van der Waals surface area contributed by atoms with Crippen LogP contribution in [0.25, 0.3) is 0 Å². The number of allylic oxidation sites excluding steroid dienone is 2. The molecule has 78 valence electrons. The highest BCUT2D eigenvalue weighted by Gasteiger charge is 2.35. The van der Waals surface area contributed by atoms with Crippen molar-refractivity contribution in [3.63, 3.8) is 0 Å². The molecule has 0 bridgehead atoms. The Morgan fingerprint density at radius 1 is 1.43 bits per heavy atom. The molecule has 0 aliphatic heterocycles. The predicted molar refractivity (Wildman–Crippen MR) is 56.9 cm³/mol. The SMILES string of the molecule is CC1=CC(=O)C(C)(O)C(CC(C)C)=C1. The van der Waals surface area contributed by atoms with Gasteiger partial charge in [-0.25, -0.2) is 0 Å². The van der Waals surface area contributed by atoms with E-state index in [1.165, 1.54) is 6.08 Å². The van der Waals surface area contributed by atoms with E-state index in [1.807, 2.05) is 13.0 Å². The molecule has 0 aromatic rings. The second kappa shape index (κ2) is 3.70. The van der Waals surface area contributed by atoms with Gasteiger partial charge in [0.1, 0.15) is 5.60 Å². The lowest BCUT2D eigenvalue weighted by Gasteiger charge is -2.28. The zero-order valence-electron chi connectivity index (χ0n) is 9.29. The largest absolute Gasteiger partial charge is 0.378 e. The average molecular weight is 194 g/mol. The molecule has 14 heavy (non-hydrogen) atoms. The van der Waals surface area contributed by atoms with Gasteiger partial charge in [-0.15, -0.1) is 0 Å². The van der Waals surface area contributed by atoms with E-state index in [2.05, 4.69) is 13.8 Å². The monoisotopic (exact) mass is 194 g/mol. The second-order valence-electron chi connectivity index (χ2n) is 4.59. The molecule has 0 spiro atoms. The van der Waals surface area contributed by atoms with Crippen LogP contribution in [0.2, 0.25) is 0 Å². The summed E-state index contributed by atoms with van der Waals surface area (Å²) >= 11 is 0. The molecule has 1 rings (SSSR count). The van der Waals surface area contributed by atoms with E-state index in [0.29, 0.717) is 5.92 Å². The molecule has 1 N–H and O–H groups in total. The van der Waals surface area contributed by atoms with Gasteiger partial charge in [0.05, 0.1) is 0 Å². The van der Waals surface area contributed by atoms with Crippen molar-refractivity contribution in [1.29, 1.82) is 0 Å². The van der Waals surface area contributed by atoms with Crippen LogP contribution in [0, 0.1) is 5.92 Å². The Balaban J connectivity index is 3.00. The first kappa shape index (κ1) is 11.2. The van der Waals surface area contributed by atoms with Crippen molar-refractivity contribution in [2.24, 2.45) is 5.92 Å². The van der Waals surface area contributed by atoms with E-state index < -0.39 is 5.60 Å². The Morgan fingerprint density at radius 2 is 2.00 bits per heavy atom. The van der Waals surface area contributed by atoms with Gasteiger partial charge in [-0.3, -0.25) is 4.79 Å². The minimum Gasteiger partial charge on any atom is -0.378 e. The van der Waals surface area contributed by atoms with Crippen LogP contribution in [0.3, 0.4) is 0 Å². The Kier molecular flexibility index (Phi) is 2.95. The standard InChI is InChI=1S/C12H18O2/c1-8(2)5-10-6-9(3)7-11(13)12(10,4)14/h6-8,14H,5H2,1-4H3. The van der Waals surface area contributed by atoms with Crippen molar-refractivity contribution in [2.45, 2.75) is 39.7 Å². The average Bonchev–Trinajstić information content (AvgIpc) is 1.99. The van der Waals surface area contributed by atoms with Crippen molar-refractivity contribution in [3.05, 3.63) is 23.3 Å². The maximum absolute atomic E-state index is 11.6. The maximum atomic E-state index is 11.6. The molecule has 0 saturated heterocycles. The summed E-state index contributed by atoms with van der Waals surface area (Å²) in [6.45, 7) is 7.62. The minimum atomic E-state index is -1.29. The van der Waals surface area contributed by atoms with Crippen LogP contribution < -0.4 is 0 Å². The van der Waals surface area contributed by atoms with Crippen LogP contribution in [0.4, 0.5) is 0 Å².